The molecule has 0 saturated carbocycles. The number of aromatic nitrogens is 2. The molecule has 0 aromatic carbocycles. The van der Waals surface area contributed by atoms with Gasteiger partial charge in [0.25, 0.3) is 5.56 Å². The number of aryl methyl sites for hydroxylation is 2. The van der Waals surface area contributed by atoms with Crippen molar-refractivity contribution in [1.82, 2.24) is 9.97 Å². The van der Waals surface area contributed by atoms with Crippen LogP contribution in [0.4, 0.5) is 0 Å². The number of thiophene rings is 1. The molecule has 2 heterocycles. The summed E-state index contributed by atoms with van der Waals surface area (Å²) in [5.74, 6) is 0.692. The zero-order valence-electron chi connectivity index (χ0n) is 9.71. The molecule has 0 spiro atoms. The Labute approximate surface area is 117 Å². The first-order valence-corrected chi connectivity index (χ1v) is 7.37. The number of H-pyrrole nitrogens is 1. The minimum atomic E-state index is -0.0369. The van der Waals surface area contributed by atoms with Crippen LogP contribution in [0.2, 0.25) is 0 Å². The second kappa shape index (κ2) is 5.30. The number of hydrogen-bond acceptors (Lipinski definition) is 3. The van der Waals surface area contributed by atoms with Gasteiger partial charge >= 0.3 is 0 Å². The topological polar surface area (TPSA) is 45.8 Å². The number of halogens is 1. The Morgan fingerprint density at radius 1 is 1.47 bits per heavy atom. The highest BCUT2D eigenvalue weighted by Gasteiger charge is 2.10. The fourth-order valence-electron chi connectivity index (χ4n) is 1.59. The van der Waals surface area contributed by atoms with E-state index in [2.05, 4.69) is 39.5 Å². The first kappa shape index (κ1) is 12.8. The van der Waals surface area contributed by atoms with E-state index in [4.69, 9.17) is 0 Å². The van der Waals surface area contributed by atoms with Crippen LogP contribution >= 0.6 is 33.9 Å². The van der Waals surface area contributed by atoms with E-state index in [-0.39, 0.29) is 5.56 Å². The van der Waals surface area contributed by atoms with Gasteiger partial charge in [-0.05, 0) is 48.1 Å². The lowest BCUT2D eigenvalue weighted by molar-refractivity contribution is 0.861. The Morgan fingerprint density at radius 3 is 2.82 bits per heavy atom. The lowest BCUT2D eigenvalue weighted by atomic mass is 10.2. The van der Waals surface area contributed by atoms with Crippen molar-refractivity contribution in [3.63, 3.8) is 0 Å². The van der Waals surface area contributed by atoms with Crippen LogP contribution in [0.1, 0.15) is 23.9 Å². The second-order valence-corrected chi connectivity index (χ2v) is 6.20. The lowest BCUT2D eigenvalue weighted by Gasteiger charge is -2.04. The summed E-state index contributed by atoms with van der Waals surface area (Å²) >= 11 is 3.71. The minimum absolute atomic E-state index is 0.0369. The number of rotatable bonds is 3. The van der Waals surface area contributed by atoms with Gasteiger partial charge in [-0.15, -0.1) is 11.3 Å². The van der Waals surface area contributed by atoms with Crippen LogP contribution < -0.4 is 5.56 Å². The monoisotopic (exact) mass is 360 g/mol. The first-order chi connectivity index (χ1) is 8.11. The van der Waals surface area contributed by atoms with Gasteiger partial charge in [-0.3, -0.25) is 4.79 Å². The summed E-state index contributed by atoms with van der Waals surface area (Å²) in [4.78, 5) is 21.5. The van der Waals surface area contributed by atoms with Crippen LogP contribution in [0.3, 0.4) is 0 Å². The van der Waals surface area contributed by atoms with Crippen molar-refractivity contribution < 1.29 is 0 Å². The highest BCUT2D eigenvalue weighted by atomic mass is 127. The van der Waals surface area contributed by atoms with E-state index < -0.39 is 0 Å². The zero-order chi connectivity index (χ0) is 12.4. The van der Waals surface area contributed by atoms with Crippen molar-refractivity contribution >= 4 is 33.9 Å². The SMILES string of the molecule is CCCc1nc(-c2ccc(C)s2)[nH]c(=O)c1I. The summed E-state index contributed by atoms with van der Waals surface area (Å²) < 4.78 is 0.710. The van der Waals surface area contributed by atoms with Gasteiger partial charge in [0.2, 0.25) is 0 Å². The molecule has 0 amide bonds. The van der Waals surface area contributed by atoms with E-state index in [0.717, 1.165) is 23.4 Å². The van der Waals surface area contributed by atoms with Gasteiger partial charge < -0.3 is 4.98 Å². The molecule has 5 heteroatoms. The molecular weight excluding hydrogens is 347 g/mol. The summed E-state index contributed by atoms with van der Waals surface area (Å²) in [7, 11) is 0. The van der Waals surface area contributed by atoms with E-state index in [1.807, 2.05) is 19.1 Å². The summed E-state index contributed by atoms with van der Waals surface area (Å²) in [6, 6.07) is 4.04. The molecule has 3 nitrogen and oxygen atoms in total. The number of nitrogens with one attached hydrogen (secondary N) is 1. The molecule has 90 valence electrons. The number of hydrogen-bond donors (Lipinski definition) is 1. The molecule has 0 unspecified atom stereocenters. The second-order valence-electron chi connectivity index (χ2n) is 3.84. The molecule has 0 radical (unpaired) electrons. The molecule has 2 aromatic heterocycles. The standard InChI is InChI=1S/C12H13IN2OS/c1-3-4-8-10(13)12(16)15-11(14-8)9-6-5-7(2)17-9/h5-6H,3-4H2,1-2H3,(H,14,15,16). The number of aromatic amines is 1. The molecule has 0 bridgehead atoms. The normalized spacial score (nSPS) is 10.8. The third kappa shape index (κ3) is 2.77. The van der Waals surface area contributed by atoms with Gasteiger partial charge in [0.05, 0.1) is 14.1 Å². The summed E-state index contributed by atoms with van der Waals surface area (Å²) in [6.45, 7) is 4.14. The Morgan fingerprint density at radius 2 is 2.24 bits per heavy atom. The molecular formula is C12H13IN2OS. The molecule has 0 saturated heterocycles. The van der Waals surface area contributed by atoms with Crippen LogP contribution in [0.25, 0.3) is 10.7 Å². The van der Waals surface area contributed by atoms with Crippen molar-refractivity contribution in [3.05, 3.63) is 36.6 Å². The van der Waals surface area contributed by atoms with E-state index in [1.54, 1.807) is 11.3 Å². The zero-order valence-corrected chi connectivity index (χ0v) is 12.7. The quantitative estimate of drug-likeness (QED) is 0.854. The van der Waals surface area contributed by atoms with Crippen molar-refractivity contribution in [1.29, 1.82) is 0 Å². The van der Waals surface area contributed by atoms with Gasteiger partial charge in [0.1, 0.15) is 0 Å². The summed E-state index contributed by atoms with van der Waals surface area (Å²) in [6.07, 6.45) is 1.84. The molecule has 1 N–H and O–H groups in total. The highest BCUT2D eigenvalue weighted by Crippen LogP contribution is 2.24. The average molecular weight is 360 g/mol. The highest BCUT2D eigenvalue weighted by molar-refractivity contribution is 14.1. The van der Waals surface area contributed by atoms with Crippen molar-refractivity contribution in [2.45, 2.75) is 26.7 Å². The van der Waals surface area contributed by atoms with E-state index in [9.17, 15) is 4.79 Å². The van der Waals surface area contributed by atoms with E-state index in [1.165, 1.54) is 4.88 Å². The Bertz CT molecular complexity index is 588. The van der Waals surface area contributed by atoms with Crippen molar-refractivity contribution in [2.24, 2.45) is 0 Å². The molecule has 0 aliphatic carbocycles. The van der Waals surface area contributed by atoms with Crippen LogP contribution in [0.5, 0.6) is 0 Å². The van der Waals surface area contributed by atoms with Crippen LogP contribution in [-0.4, -0.2) is 9.97 Å². The molecule has 17 heavy (non-hydrogen) atoms. The Hall–Kier alpha value is -0.690. The molecule has 0 atom stereocenters. The molecule has 0 aliphatic heterocycles. The van der Waals surface area contributed by atoms with Gasteiger partial charge in [0, 0.05) is 4.88 Å². The van der Waals surface area contributed by atoms with E-state index in [0.29, 0.717) is 9.39 Å². The summed E-state index contributed by atoms with van der Waals surface area (Å²) in [5.41, 5.74) is 0.864. The maximum atomic E-state index is 11.8. The maximum absolute atomic E-state index is 11.8. The minimum Gasteiger partial charge on any atom is -0.305 e. The van der Waals surface area contributed by atoms with Gasteiger partial charge in [-0.25, -0.2) is 4.98 Å². The molecule has 0 aliphatic rings. The Kier molecular flexibility index (Phi) is 3.98. The Balaban J connectivity index is 2.52. The predicted octanol–water partition coefficient (Wildman–Crippen LogP) is 3.36. The smallest absolute Gasteiger partial charge is 0.264 e. The maximum Gasteiger partial charge on any atom is 0.264 e. The van der Waals surface area contributed by atoms with Gasteiger partial charge in [-0.1, -0.05) is 13.3 Å². The van der Waals surface area contributed by atoms with Crippen LogP contribution in [0, 0.1) is 10.5 Å². The molecule has 0 fully saturated rings. The third-order valence-corrected chi connectivity index (χ3v) is 4.51. The predicted molar refractivity (Wildman–Crippen MR) is 79.6 cm³/mol. The van der Waals surface area contributed by atoms with Crippen molar-refractivity contribution in [2.75, 3.05) is 0 Å². The lowest BCUT2D eigenvalue weighted by Crippen LogP contribution is -2.16. The molecule has 2 rings (SSSR count). The summed E-state index contributed by atoms with van der Waals surface area (Å²) in [5, 5.41) is 0. The average Bonchev–Trinajstić information content (AvgIpc) is 2.71. The first-order valence-electron chi connectivity index (χ1n) is 5.47. The third-order valence-electron chi connectivity index (χ3n) is 2.39. The van der Waals surface area contributed by atoms with Gasteiger partial charge in [-0.2, -0.15) is 0 Å². The van der Waals surface area contributed by atoms with E-state index >= 15 is 0 Å². The largest absolute Gasteiger partial charge is 0.305 e. The van der Waals surface area contributed by atoms with Crippen LogP contribution in [0.15, 0.2) is 16.9 Å². The fraction of sp³-hybridized carbons (Fsp3) is 0.333. The molecule has 2 aromatic rings. The van der Waals surface area contributed by atoms with Gasteiger partial charge in [0.15, 0.2) is 5.82 Å². The number of nitrogens with zero attached hydrogens (tertiary/aromatic N) is 1. The van der Waals surface area contributed by atoms with Crippen molar-refractivity contribution in [3.8, 4) is 10.7 Å². The fourth-order valence-corrected chi connectivity index (χ4v) is 2.92. The van der Waals surface area contributed by atoms with Crippen LogP contribution in [-0.2, 0) is 6.42 Å².